The van der Waals surface area contributed by atoms with Crippen LogP contribution in [0, 0.1) is 9.49 Å². The third kappa shape index (κ3) is 22.2. The first kappa shape index (κ1) is 70.0. The fourth-order valence-electron chi connectivity index (χ4n) is 9.39. The second kappa shape index (κ2) is 35.1. The molecule has 2 aromatic carbocycles. The Kier molecular flexibility index (Phi) is 28.6. The summed E-state index contributed by atoms with van der Waals surface area (Å²) in [5.41, 5.74) is 1.43. The number of aromatic hydroxyl groups is 1. The number of phenols is 1. The van der Waals surface area contributed by atoms with Crippen LogP contribution < -0.4 is 57.9 Å². The molecule has 2 aliphatic heterocycles. The summed E-state index contributed by atoms with van der Waals surface area (Å²) in [5.74, 6) is -9.23. The number of nitrogens with zero attached hydrogens (tertiary/aromatic N) is 3. The minimum Gasteiger partial charge on any atom is -0.507 e. The molecule has 28 nitrogen and oxygen atoms in total. The van der Waals surface area contributed by atoms with Crippen molar-refractivity contribution in [3.8, 4) is 11.5 Å². The number of benzene rings is 2. The SMILES string of the molecule is CNCCN(CCNC)CC(=O)N[C@@H](Cc1ccc(OC)cc1)C(=O)N[C@@H](Cc1cnc[nH]1)C(=O)N[C@H]1CSSC[C@@H](C(=O)NC)NC(=O)[C@H](CC(C)C)NC(=O)[C@H](CC(=O)O)NC(=O)[C@H](Cc2ccc(O)c(I)c2)NC(=O)[C@@H]2CC(O)CN2C1=O. The van der Waals surface area contributed by atoms with Gasteiger partial charge in [0, 0.05) is 88.9 Å². The number of halogens is 1. The van der Waals surface area contributed by atoms with E-state index in [-0.39, 0.29) is 61.8 Å². The summed E-state index contributed by atoms with van der Waals surface area (Å²) in [6.07, 6.45) is -0.335. The lowest BCUT2D eigenvalue weighted by Gasteiger charge is -2.31. The Morgan fingerprint density at radius 1 is 0.814 bits per heavy atom. The number of aromatic nitrogens is 2. The first-order chi connectivity index (χ1) is 41.0. The van der Waals surface area contributed by atoms with Crippen molar-refractivity contribution >= 4 is 103 Å². The van der Waals surface area contributed by atoms with Crippen LogP contribution in [0.2, 0.25) is 0 Å². The van der Waals surface area contributed by atoms with Crippen molar-refractivity contribution in [2.24, 2.45) is 5.92 Å². The number of aliphatic hydroxyl groups excluding tert-OH is 1. The number of carbonyl (C=O) groups is 10. The number of carbonyl (C=O) groups excluding carboxylic acids is 9. The van der Waals surface area contributed by atoms with Gasteiger partial charge in [-0.1, -0.05) is 53.6 Å². The summed E-state index contributed by atoms with van der Waals surface area (Å²) in [6.45, 7) is 5.23. The molecule has 86 heavy (non-hydrogen) atoms. The van der Waals surface area contributed by atoms with E-state index in [9.17, 15) is 58.5 Å². The number of aromatic amines is 1. The molecule has 5 rings (SSSR count). The average Bonchev–Trinajstić information content (AvgIpc) is 2.32. The van der Waals surface area contributed by atoms with Gasteiger partial charge in [0.2, 0.25) is 53.2 Å². The molecular weight excluding hydrogens is 1270 g/mol. The van der Waals surface area contributed by atoms with Crippen molar-refractivity contribution in [1.82, 2.24) is 72.9 Å². The molecule has 1 aromatic heterocycles. The van der Waals surface area contributed by atoms with Crippen molar-refractivity contribution in [1.29, 1.82) is 0 Å². The Hall–Kier alpha value is -6.78. The number of aliphatic hydroxyl groups is 1. The molecule has 2 fully saturated rings. The van der Waals surface area contributed by atoms with Gasteiger partial charge in [-0.3, -0.25) is 52.8 Å². The van der Waals surface area contributed by atoms with Crippen LogP contribution in [0.15, 0.2) is 55.0 Å². The highest BCUT2D eigenvalue weighted by molar-refractivity contribution is 14.1. The number of methoxy groups -OCH3 is 1. The minimum atomic E-state index is -1.82. The van der Waals surface area contributed by atoms with Gasteiger partial charge in [-0.25, -0.2) is 4.98 Å². The number of carboxylic acids is 1. The number of hydrogen-bond donors (Lipinski definition) is 14. The molecule has 9 atom stereocenters. The van der Waals surface area contributed by atoms with Crippen LogP contribution in [0.5, 0.6) is 11.5 Å². The van der Waals surface area contributed by atoms with Gasteiger partial charge in [-0.05, 0) is 84.4 Å². The third-order valence-corrected chi connectivity index (χ3v) is 17.2. The molecule has 2 saturated heterocycles. The molecule has 472 valence electrons. The van der Waals surface area contributed by atoms with Crippen molar-refractivity contribution in [2.75, 3.05) is 79.0 Å². The third-order valence-electron chi connectivity index (χ3n) is 13.9. The molecule has 1 unspecified atom stereocenters. The number of likely N-dealkylation sites (N-methyl/N-ethyl adjacent to an activating group) is 3. The van der Waals surface area contributed by atoms with E-state index in [0.29, 0.717) is 52.3 Å². The molecule has 3 aromatic rings. The number of nitrogens with one attached hydrogen (secondary N) is 11. The lowest BCUT2D eigenvalue weighted by Crippen LogP contribution is -2.61. The van der Waals surface area contributed by atoms with Crippen LogP contribution in [-0.2, 0) is 67.2 Å². The monoisotopic (exact) mass is 1350 g/mol. The van der Waals surface area contributed by atoms with Crippen LogP contribution in [-0.4, -0.2) is 228 Å². The number of fused-ring (bicyclic) bond motifs is 1. The first-order valence-electron chi connectivity index (χ1n) is 27.9. The van der Waals surface area contributed by atoms with Gasteiger partial charge in [0.05, 0.1) is 36.1 Å². The minimum absolute atomic E-state index is 0.00598. The second-order valence-corrected chi connectivity index (χ2v) is 24.8. The molecule has 9 amide bonds. The molecule has 31 heteroatoms. The Balaban J connectivity index is 1.55. The molecule has 0 spiro atoms. The smallest absolute Gasteiger partial charge is 0.305 e. The van der Waals surface area contributed by atoms with Crippen LogP contribution in [0.25, 0.3) is 0 Å². The number of imidazole rings is 1. The van der Waals surface area contributed by atoms with Crippen molar-refractivity contribution in [2.45, 2.75) is 107 Å². The summed E-state index contributed by atoms with van der Waals surface area (Å²) in [4.78, 5) is 151. The molecule has 0 radical (unpaired) electrons. The number of hydrogen-bond acceptors (Lipinski definition) is 19. The topological polar surface area (TPSA) is 396 Å². The van der Waals surface area contributed by atoms with Crippen molar-refractivity contribution in [3.63, 3.8) is 0 Å². The van der Waals surface area contributed by atoms with Gasteiger partial charge in [0.15, 0.2) is 0 Å². The molecule has 2 aliphatic rings. The zero-order valence-corrected chi connectivity index (χ0v) is 52.5. The van der Waals surface area contributed by atoms with Crippen LogP contribution in [0.1, 0.15) is 49.9 Å². The van der Waals surface area contributed by atoms with Gasteiger partial charge in [0.25, 0.3) is 0 Å². The van der Waals surface area contributed by atoms with E-state index in [1.54, 1.807) is 52.2 Å². The van der Waals surface area contributed by atoms with Gasteiger partial charge in [-0.2, -0.15) is 0 Å². The predicted octanol–water partition coefficient (Wildman–Crippen LogP) is -2.49. The molecule has 0 saturated carbocycles. The maximum absolute atomic E-state index is 15.2. The first-order valence-corrected chi connectivity index (χ1v) is 31.5. The average molecular weight is 1350 g/mol. The molecule has 14 N–H and O–H groups in total. The Morgan fingerprint density at radius 3 is 2.06 bits per heavy atom. The highest BCUT2D eigenvalue weighted by Gasteiger charge is 2.44. The van der Waals surface area contributed by atoms with Crippen LogP contribution in [0.3, 0.4) is 0 Å². The number of phenolic OH excluding ortho intramolecular Hbond substituents is 1. The Bertz CT molecular complexity index is 2800. The molecule has 0 bridgehead atoms. The largest absolute Gasteiger partial charge is 0.507 e. The maximum Gasteiger partial charge on any atom is 0.305 e. The fourth-order valence-corrected chi connectivity index (χ4v) is 12.3. The van der Waals surface area contributed by atoms with E-state index in [4.69, 9.17) is 4.74 Å². The summed E-state index contributed by atoms with van der Waals surface area (Å²) < 4.78 is 5.71. The van der Waals surface area contributed by atoms with E-state index < -0.39 is 127 Å². The van der Waals surface area contributed by atoms with Crippen molar-refractivity contribution in [3.05, 3.63) is 75.4 Å². The van der Waals surface area contributed by atoms with Gasteiger partial charge < -0.3 is 83.1 Å². The Morgan fingerprint density at radius 2 is 1.44 bits per heavy atom. The number of aliphatic carboxylic acids is 1. The number of carboxylic acid groups (broad SMARTS) is 1. The van der Waals surface area contributed by atoms with Gasteiger partial charge in [-0.15, -0.1) is 0 Å². The van der Waals surface area contributed by atoms with E-state index >= 15 is 4.79 Å². The lowest BCUT2D eigenvalue weighted by atomic mass is 10.0. The fraction of sp³-hybridized carbons (Fsp3) is 0.545. The molecular formula is C55H79IN14O14S2. The summed E-state index contributed by atoms with van der Waals surface area (Å²) in [7, 11) is 8.45. The maximum atomic E-state index is 15.2. The highest BCUT2D eigenvalue weighted by Crippen LogP contribution is 2.27. The number of amides is 9. The zero-order valence-electron chi connectivity index (χ0n) is 48.7. The number of rotatable bonds is 25. The zero-order chi connectivity index (χ0) is 63.0. The normalized spacial score (nSPS) is 21.6. The van der Waals surface area contributed by atoms with E-state index in [1.807, 2.05) is 27.5 Å². The van der Waals surface area contributed by atoms with E-state index in [0.717, 1.165) is 26.5 Å². The van der Waals surface area contributed by atoms with Crippen LogP contribution in [0.4, 0.5) is 0 Å². The lowest BCUT2D eigenvalue weighted by molar-refractivity contribution is -0.142. The quantitative estimate of drug-likeness (QED) is 0.0308. The summed E-state index contributed by atoms with van der Waals surface area (Å²) >= 11 is 1.86. The van der Waals surface area contributed by atoms with E-state index in [2.05, 4.69) is 63.1 Å². The van der Waals surface area contributed by atoms with E-state index in [1.165, 1.54) is 44.9 Å². The number of ether oxygens (including phenoxy) is 1. The summed E-state index contributed by atoms with van der Waals surface area (Å²) in [5, 5.41) is 58.8. The number of H-pyrrole nitrogens is 1. The predicted molar refractivity (Wildman–Crippen MR) is 328 cm³/mol. The highest BCUT2D eigenvalue weighted by atomic mass is 127. The molecule has 0 aliphatic carbocycles. The summed E-state index contributed by atoms with van der Waals surface area (Å²) in [6, 6.07) is -0.564. The molecule has 3 heterocycles. The van der Waals surface area contributed by atoms with Crippen LogP contribution >= 0.6 is 44.2 Å². The second-order valence-electron chi connectivity index (χ2n) is 21.1. The van der Waals surface area contributed by atoms with Gasteiger partial charge in [0.1, 0.15) is 59.8 Å². The Labute approximate surface area is 520 Å². The standard InChI is InChI=1S/C55H79IN14O14S2/c1-30(2)17-37-49(77)67-42(48(76)59-5)27-85-86-28-43(55(83)70-25-34(71)22-44(70)54(82)66-39(20-32-9-12-45(72)36(56)18-32)51(79)65-41(23-47(74)75)53(81)63-37)68-52(80)40(21-33-24-60-29-61-33)64-50(78)38(19-31-7-10-35(84-6)11-8-31)62-46(73)26-69(15-13-57-3)16-14-58-4/h7-12,18,24,29-30,34,37-44,57-58,71-72H,13-17,19-23,25-28H2,1-6H3,(H,59,76)(H,60,61)(H,62,73)(H,63,81)(H,64,78)(H,65,79)(H,66,82)(H,67,77)(H,68,80)(H,74,75)/t34?,37-,38-,39-,40-,41-,42-,43-,44-/m0/s1. The van der Waals surface area contributed by atoms with Gasteiger partial charge >= 0.3 is 5.97 Å². The van der Waals surface area contributed by atoms with Crippen molar-refractivity contribution < 1.29 is 68.0 Å².